The zero-order valence-corrected chi connectivity index (χ0v) is 9.30. The van der Waals surface area contributed by atoms with Gasteiger partial charge in [0.1, 0.15) is 0 Å². The summed E-state index contributed by atoms with van der Waals surface area (Å²) in [5, 5.41) is 7.47. The molecule has 0 radical (unpaired) electrons. The van der Waals surface area contributed by atoms with E-state index in [-0.39, 0.29) is 0 Å². The first-order valence-corrected chi connectivity index (χ1v) is 4.95. The molecule has 0 aromatic carbocycles. The lowest BCUT2D eigenvalue weighted by Gasteiger charge is -2.05. The highest BCUT2D eigenvalue weighted by Crippen LogP contribution is 2.08. The van der Waals surface area contributed by atoms with E-state index in [1.165, 1.54) is 16.8 Å². The fraction of sp³-hybridized carbons (Fsp3) is 0.545. The van der Waals surface area contributed by atoms with Crippen molar-refractivity contribution in [2.45, 2.75) is 33.4 Å². The minimum absolute atomic E-state index is 0.888. The van der Waals surface area contributed by atoms with Crippen LogP contribution in [0.15, 0.2) is 18.3 Å². The van der Waals surface area contributed by atoms with Crippen LogP contribution in [0.5, 0.6) is 0 Å². The molecule has 1 heterocycles. The van der Waals surface area contributed by atoms with E-state index in [2.05, 4.69) is 23.9 Å². The third kappa shape index (κ3) is 2.70. The number of hydrogen-bond donors (Lipinski definition) is 1. The normalized spacial score (nSPS) is 10.5. The second-order valence-electron chi connectivity index (χ2n) is 3.72. The fourth-order valence-electron chi connectivity index (χ4n) is 1.37. The molecule has 0 bridgehead atoms. The van der Waals surface area contributed by atoms with Gasteiger partial charge in [0.25, 0.3) is 0 Å². The van der Waals surface area contributed by atoms with Crippen LogP contribution in [0.4, 0.5) is 0 Å². The Labute approximate surface area is 85.8 Å². The van der Waals surface area contributed by atoms with Gasteiger partial charge in [0.2, 0.25) is 0 Å². The van der Waals surface area contributed by atoms with E-state index in [0.717, 1.165) is 19.5 Å². The molecule has 0 atom stereocenters. The molecular formula is C11H19N3. The van der Waals surface area contributed by atoms with E-state index in [1.807, 2.05) is 24.9 Å². The molecule has 3 heteroatoms. The first-order valence-electron chi connectivity index (χ1n) is 4.95. The van der Waals surface area contributed by atoms with Gasteiger partial charge < -0.3 is 5.32 Å². The summed E-state index contributed by atoms with van der Waals surface area (Å²) in [6, 6.07) is 0. The average molecular weight is 193 g/mol. The van der Waals surface area contributed by atoms with Gasteiger partial charge in [-0.05, 0) is 27.3 Å². The zero-order valence-electron chi connectivity index (χ0n) is 9.30. The molecule has 3 nitrogen and oxygen atoms in total. The second kappa shape index (κ2) is 4.96. The van der Waals surface area contributed by atoms with Crippen LogP contribution < -0.4 is 5.32 Å². The van der Waals surface area contributed by atoms with Gasteiger partial charge in [-0.2, -0.15) is 5.10 Å². The maximum atomic E-state index is 4.34. The van der Waals surface area contributed by atoms with Gasteiger partial charge in [0, 0.05) is 24.3 Å². The van der Waals surface area contributed by atoms with E-state index < -0.39 is 0 Å². The predicted molar refractivity (Wildman–Crippen MR) is 59.2 cm³/mol. The molecule has 0 amide bonds. The van der Waals surface area contributed by atoms with Crippen molar-refractivity contribution in [3.63, 3.8) is 0 Å². The number of aryl methyl sites for hydroxylation is 1. The minimum Gasteiger partial charge on any atom is -0.316 e. The third-order valence-corrected chi connectivity index (χ3v) is 2.32. The van der Waals surface area contributed by atoms with Crippen LogP contribution in [-0.2, 0) is 13.1 Å². The number of hydrogen-bond acceptors (Lipinski definition) is 2. The lowest BCUT2D eigenvalue weighted by molar-refractivity contribution is 0.595. The lowest BCUT2D eigenvalue weighted by atomic mass is 10.2. The predicted octanol–water partition coefficient (Wildman–Crippen LogP) is 1.88. The average Bonchev–Trinajstić information content (AvgIpc) is 2.46. The van der Waals surface area contributed by atoms with Crippen LogP contribution in [0.25, 0.3) is 0 Å². The van der Waals surface area contributed by atoms with Crippen LogP contribution in [0, 0.1) is 6.92 Å². The van der Waals surface area contributed by atoms with Crippen molar-refractivity contribution in [3.05, 3.63) is 29.6 Å². The molecule has 0 aliphatic carbocycles. The number of nitrogens with one attached hydrogen (secondary N) is 1. The van der Waals surface area contributed by atoms with Crippen molar-refractivity contribution in [2.75, 3.05) is 7.05 Å². The molecule has 0 saturated heterocycles. The van der Waals surface area contributed by atoms with Gasteiger partial charge in [-0.15, -0.1) is 6.58 Å². The van der Waals surface area contributed by atoms with Crippen LogP contribution in [0.2, 0.25) is 0 Å². The molecule has 0 unspecified atom stereocenters. The maximum absolute atomic E-state index is 4.34. The Morgan fingerprint density at radius 3 is 2.93 bits per heavy atom. The van der Waals surface area contributed by atoms with Crippen molar-refractivity contribution in [1.82, 2.24) is 15.1 Å². The Morgan fingerprint density at radius 1 is 1.64 bits per heavy atom. The molecule has 0 aliphatic rings. The summed E-state index contributed by atoms with van der Waals surface area (Å²) in [6.45, 7) is 9.87. The number of aromatic nitrogens is 2. The van der Waals surface area contributed by atoms with Gasteiger partial charge in [0.15, 0.2) is 0 Å². The van der Waals surface area contributed by atoms with E-state index in [0.29, 0.717) is 0 Å². The van der Waals surface area contributed by atoms with Crippen LogP contribution in [0.3, 0.4) is 0 Å². The molecule has 1 rings (SSSR count). The maximum Gasteiger partial charge on any atom is 0.0537 e. The molecule has 1 aromatic rings. The summed E-state index contributed by atoms with van der Waals surface area (Å²) in [5.41, 5.74) is 3.73. The highest BCUT2D eigenvalue weighted by Gasteiger charge is 2.04. The first kappa shape index (κ1) is 11.0. The van der Waals surface area contributed by atoms with Crippen molar-refractivity contribution in [2.24, 2.45) is 0 Å². The van der Waals surface area contributed by atoms with Gasteiger partial charge in [-0.1, -0.05) is 5.57 Å². The number of nitrogens with zero attached hydrogens (tertiary/aromatic N) is 2. The van der Waals surface area contributed by atoms with Gasteiger partial charge in [0.05, 0.1) is 6.20 Å². The minimum atomic E-state index is 0.888. The molecule has 0 saturated carbocycles. The Kier molecular flexibility index (Phi) is 3.89. The topological polar surface area (TPSA) is 29.9 Å². The monoisotopic (exact) mass is 193 g/mol. The highest BCUT2D eigenvalue weighted by molar-refractivity contribution is 5.15. The van der Waals surface area contributed by atoms with Gasteiger partial charge >= 0.3 is 0 Å². The summed E-state index contributed by atoms with van der Waals surface area (Å²) in [4.78, 5) is 0. The Bertz CT molecular complexity index is 312. The van der Waals surface area contributed by atoms with Crippen LogP contribution >= 0.6 is 0 Å². The summed E-state index contributed by atoms with van der Waals surface area (Å²) in [6.07, 6.45) is 2.94. The first-order chi connectivity index (χ1) is 6.65. The van der Waals surface area contributed by atoms with Gasteiger partial charge in [-0.25, -0.2) is 0 Å². The summed E-state index contributed by atoms with van der Waals surface area (Å²) < 4.78 is 2.04. The molecule has 1 aromatic heterocycles. The number of rotatable bonds is 5. The Balaban J connectivity index is 2.64. The van der Waals surface area contributed by atoms with Crippen molar-refractivity contribution >= 4 is 0 Å². The second-order valence-corrected chi connectivity index (χ2v) is 3.72. The summed E-state index contributed by atoms with van der Waals surface area (Å²) in [5.74, 6) is 0. The van der Waals surface area contributed by atoms with Gasteiger partial charge in [-0.3, -0.25) is 4.68 Å². The molecular weight excluding hydrogens is 174 g/mol. The van der Waals surface area contributed by atoms with E-state index >= 15 is 0 Å². The molecule has 1 N–H and O–H groups in total. The SMILES string of the molecule is C=C(C)CCn1ncc(CNC)c1C. The molecule has 0 spiro atoms. The standard InChI is InChI=1S/C11H19N3/c1-9(2)5-6-14-10(3)11(7-12-4)8-13-14/h8,12H,1,5-7H2,2-4H3. The molecule has 14 heavy (non-hydrogen) atoms. The van der Waals surface area contributed by atoms with Crippen molar-refractivity contribution in [1.29, 1.82) is 0 Å². The van der Waals surface area contributed by atoms with Crippen LogP contribution in [0.1, 0.15) is 24.6 Å². The Morgan fingerprint density at radius 2 is 2.36 bits per heavy atom. The highest BCUT2D eigenvalue weighted by atomic mass is 15.3. The molecule has 0 fully saturated rings. The van der Waals surface area contributed by atoms with Crippen LogP contribution in [-0.4, -0.2) is 16.8 Å². The number of allylic oxidation sites excluding steroid dienone is 1. The smallest absolute Gasteiger partial charge is 0.0537 e. The molecule has 0 aliphatic heterocycles. The third-order valence-electron chi connectivity index (χ3n) is 2.32. The van der Waals surface area contributed by atoms with Crippen molar-refractivity contribution in [3.8, 4) is 0 Å². The summed E-state index contributed by atoms with van der Waals surface area (Å²) in [7, 11) is 1.95. The van der Waals surface area contributed by atoms with E-state index in [4.69, 9.17) is 0 Å². The van der Waals surface area contributed by atoms with E-state index in [9.17, 15) is 0 Å². The summed E-state index contributed by atoms with van der Waals surface area (Å²) >= 11 is 0. The lowest BCUT2D eigenvalue weighted by Crippen LogP contribution is -2.07. The largest absolute Gasteiger partial charge is 0.316 e. The van der Waals surface area contributed by atoms with Crippen molar-refractivity contribution < 1.29 is 0 Å². The zero-order chi connectivity index (χ0) is 10.6. The van der Waals surface area contributed by atoms with E-state index in [1.54, 1.807) is 0 Å². The fourth-order valence-corrected chi connectivity index (χ4v) is 1.37. The molecule has 78 valence electrons. The quantitative estimate of drug-likeness (QED) is 0.724. The Hall–Kier alpha value is -1.09.